The van der Waals surface area contributed by atoms with E-state index in [0.29, 0.717) is 22.5 Å². The molecule has 0 aliphatic carbocycles. The normalized spacial score (nSPS) is 23.5. The average Bonchev–Trinajstić information content (AvgIpc) is 3.09. The average molecular weight is 448 g/mol. The zero-order chi connectivity index (χ0) is 22.7. The molecule has 0 aromatic heterocycles. The number of para-hydroxylation sites is 2. The monoisotopic (exact) mass is 447 g/mol. The maximum atomic E-state index is 13.9. The molecule has 5 rings (SSSR count). The summed E-state index contributed by atoms with van der Waals surface area (Å²) in [7, 11) is -4.11. The second-order valence-electron chi connectivity index (χ2n) is 8.06. The lowest BCUT2D eigenvalue weighted by Gasteiger charge is -2.41. The second-order valence-corrected chi connectivity index (χ2v) is 9.88. The van der Waals surface area contributed by atoms with Gasteiger partial charge in [-0.3, -0.25) is 10.1 Å². The molecule has 32 heavy (non-hydrogen) atoms. The zero-order valence-corrected chi connectivity index (χ0v) is 18.1. The van der Waals surface area contributed by atoms with Crippen LogP contribution < -0.4 is 9.62 Å². The van der Waals surface area contributed by atoms with E-state index >= 15 is 0 Å². The van der Waals surface area contributed by atoms with Gasteiger partial charge in [-0.15, -0.1) is 6.58 Å². The van der Waals surface area contributed by atoms with Crippen molar-refractivity contribution < 1.29 is 13.3 Å². The van der Waals surface area contributed by atoms with Gasteiger partial charge in [0.15, 0.2) is 6.17 Å². The molecule has 0 saturated heterocycles. The van der Waals surface area contributed by atoms with E-state index < -0.39 is 27.6 Å². The Morgan fingerprint density at radius 2 is 1.72 bits per heavy atom. The summed E-state index contributed by atoms with van der Waals surface area (Å²) >= 11 is 0. The van der Waals surface area contributed by atoms with Gasteiger partial charge in [0.05, 0.1) is 22.1 Å². The highest BCUT2D eigenvalue weighted by Gasteiger charge is 2.69. The largest absolute Gasteiger partial charge is 0.358 e. The van der Waals surface area contributed by atoms with Crippen LogP contribution in [0.1, 0.15) is 22.6 Å². The molecule has 2 aliphatic heterocycles. The van der Waals surface area contributed by atoms with Crippen molar-refractivity contribution in [3.63, 3.8) is 0 Å². The van der Waals surface area contributed by atoms with Crippen molar-refractivity contribution >= 4 is 21.4 Å². The van der Waals surface area contributed by atoms with Crippen LogP contribution in [0.15, 0.2) is 90.3 Å². The van der Waals surface area contributed by atoms with Crippen molar-refractivity contribution in [2.75, 3.05) is 9.62 Å². The highest BCUT2D eigenvalue weighted by molar-refractivity contribution is 7.93. The molecule has 8 heteroatoms. The summed E-state index contributed by atoms with van der Waals surface area (Å²) in [5, 5.41) is 16.0. The Morgan fingerprint density at radius 1 is 1.06 bits per heavy atom. The van der Waals surface area contributed by atoms with Crippen molar-refractivity contribution in [3.8, 4) is 0 Å². The van der Waals surface area contributed by atoms with Crippen LogP contribution in [0.2, 0.25) is 0 Å². The fourth-order valence-corrected chi connectivity index (χ4v) is 6.59. The van der Waals surface area contributed by atoms with E-state index in [1.54, 1.807) is 48.5 Å². The maximum Gasteiger partial charge on any atom is 0.298 e. The van der Waals surface area contributed by atoms with Crippen LogP contribution in [0.25, 0.3) is 0 Å². The molecule has 0 spiro atoms. The second kappa shape index (κ2) is 6.93. The molecule has 0 unspecified atom stereocenters. The number of benzene rings is 3. The van der Waals surface area contributed by atoms with Crippen molar-refractivity contribution in [2.24, 2.45) is 0 Å². The number of nitrogens with zero attached hydrogens (tertiary/aromatic N) is 2. The Kier molecular flexibility index (Phi) is 4.39. The van der Waals surface area contributed by atoms with Crippen LogP contribution in [-0.4, -0.2) is 19.5 Å². The number of aryl methyl sites for hydroxylation is 1. The lowest BCUT2D eigenvalue weighted by atomic mass is 9.71. The summed E-state index contributed by atoms with van der Waals surface area (Å²) in [6.07, 6.45) is 0.382. The lowest BCUT2D eigenvalue weighted by molar-refractivity contribution is -0.583. The Morgan fingerprint density at radius 3 is 2.41 bits per heavy atom. The molecule has 2 aliphatic rings. The number of hydrogen-bond donors (Lipinski definition) is 1. The minimum absolute atomic E-state index is 0.0767. The van der Waals surface area contributed by atoms with E-state index in [0.717, 1.165) is 5.56 Å². The van der Waals surface area contributed by atoms with Crippen LogP contribution in [0.4, 0.5) is 11.4 Å². The molecule has 7 nitrogen and oxygen atoms in total. The van der Waals surface area contributed by atoms with E-state index in [1.807, 2.05) is 25.1 Å². The van der Waals surface area contributed by atoms with E-state index in [2.05, 4.69) is 11.9 Å². The summed E-state index contributed by atoms with van der Waals surface area (Å²) in [5.74, 6) is -0.737. The summed E-state index contributed by atoms with van der Waals surface area (Å²) in [6.45, 7) is 5.77. The summed E-state index contributed by atoms with van der Waals surface area (Å²) in [6, 6.07) is 20.4. The number of nitrogens with one attached hydrogen (secondary N) is 1. The van der Waals surface area contributed by atoms with Gasteiger partial charge in [-0.05, 0) is 42.8 Å². The molecule has 2 heterocycles. The third kappa shape index (κ3) is 2.50. The predicted molar refractivity (Wildman–Crippen MR) is 123 cm³/mol. The Balaban J connectivity index is 1.83. The molecule has 0 bridgehead atoms. The van der Waals surface area contributed by atoms with Gasteiger partial charge >= 0.3 is 0 Å². The van der Waals surface area contributed by atoms with E-state index in [-0.39, 0.29) is 9.82 Å². The quantitative estimate of drug-likeness (QED) is 0.364. The molecule has 3 atom stereocenters. The van der Waals surface area contributed by atoms with Crippen LogP contribution in [0.5, 0.6) is 0 Å². The molecule has 1 N–H and O–H groups in total. The smallest absolute Gasteiger partial charge is 0.298 e. The number of fused-ring (bicyclic) bond motifs is 4. The molecular weight excluding hydrogens is 426 g/mol. The van der Waals surface area contributed by atoms with Gasteiger partial charge in [0.1, 0.15) is 0 Å². The maximum absolute atomic E-state index is 13.9. The molecule has 3 aromatic carbocycles. The third-order valence-corrected chi connectivity index (χ3v) is 8.20. The van der Waals surface area contributed by atoms with E-state index in [1.165, 1.54) is 16.4 Å². The van der Waals surface area contributed by atoms with Crippen LogP contribution in [-0.2, 0) is 15.6 Å². The first-order chi connectivity index (χ1) is 15.3. The third-order valence-electron chi connectivity index (χ3n) is 6.40. The summed E-state index contributed by atoms with van der Waals surface area (Å²) in [4.78, 5) is 12.6. The number of sulfonamides is 1. The molecule has 3 aromatic rings. The number of anilines is 2. The first-order valence-electron chi connectivity index (χ1n) is 10.2. The van der Waals surface area contributed by atoms with Gasteiger partial charge in [-0.2, -0.15) is 0 Å². The summed E-state index contributed by atoms with van der Waals surface area (Å²) < 4.78 is 28.9. The zero-order valence-electron chi connectivity index (χ0n) is 17.3. The Labute approximate surface area is 186 Å². The minimum Gasteiger partial charge on any atom is -0.358 e. The SMILES string of the molecule is C=C[C@H]1c2ccccc2N[C@@H]2N(S(=O)(=O)c3ccc(C)cc3)c3ccccc3[C@@]21[N+](=O)[O-]. The number of rotatable bonds is 4. The van der Waals surface area contributed by atoms with E-state index in [9.17, 15) is 18.5 Å². The molecule has 0 amide bonds. The Hall–Kier alpha value is -3.65. The van der Waals surface area contributed by atoms with Gasteiger partial charge < -0.3 is 5.32 Å². The van der Waals surface area contributed by atoms with Gasteiger partial charge in [0, 0.05) is 10.6 Å². The minimum atomic E-state index is -4.11. The molecule has 0 fully saturated rings. The van der Waals surface area contributed by atoms with Crippen molar-refractivity contribution in [1.29, 1.82) is 0 Å². The number of nitro groups is 1. The molecule has 0 radical (unpaired) electrons. The molecular formula is C24H21N3O4S. The van der Waals surface area contributed by atoms with Crippen LogP contribution in [0, 0.1) is 17.0 Å². The molecule has 0 saturated carbocycles. The van der Waals surface area contributed by atoms with Crippen molar-refractivity contribution in [2.45, 2.75) is 29.4 Å². The van der Waals surface area contributed by atoms with Gasteiger partial charge in [-0.1, -0.05) is 54.1 Å². The van der Waals surface area contributed by atoms with Gasteiger partial charge in [-0.25, -0.2) is 12.7 Å². The first-order valence-corrected chi connectivity index (χ1v) is 11.6. The highest BCUT2D eigenvalue weighted by Crippen LogP contribution is 2.58. The van der Waals surface area contributed by atoms with Crippen molar-refractivity contribution in [3.05, 3.63) is 112 Å². The van der Waals surface area contributed by atoms with Crippen molar-refractivity contribution in [1.82, 2.24) is 0 Å². The van der Waals surface area contributed by atoms with Gasteiger partial charge in [0.25, 0.3) is 15.6 Å². The standard InChI is InChI=1S/C24H21N3O4S/c1-3-19-18-8-4-6-10-21(18)25-23-24(19,27(28)29)20-9-5-7-11-22(20)26(23)32(30,31)17-14-12-16(2)13-15-17/h3-15,19,23,25H,1H2,2H3/t19-,23+,24+/m0/s1. The fraction of sp³-hybridized carbons (Fsp3) is 0.167. The molecule has 162 valence electrons. The van der Waals surface area contributed by atoms with Gasteiger partial charge in [0.2, 0.25) is 0 Å². The summed E-state index contributed by atoms with van der Waals surface area (Å²) in [5.41, 5.74) is 1.14. The highest BCUT2D eigenvalue weighted by atomic mass is 32.2. The first kappa shape index (κ1) is 20.3. The van der Waals surface area contributed by atoms with Crippen LogP contribution >= 0.6 is 0 Å². The number of hydrogen-bond acceptors (Lipinski definition) is 5. The van der Waals surface area contributed by atoms with E-state index in [4.69, 9.17) is 0 Å². The van der Waals surface area contributed by atoms with Crippen LogP contribution in [0.3, 0.4) is 0 Å². The topological polar surface area (TPSA) is 92.6 Å². The Bertz CT molecular complexity index is 1350. The lowest BCUT2D eigenvalue weighted by Crippen LogP contribution is -2.60. The predicted octanol–water partition coefficient (Wildman–Crippen LogP) is 4.40. The fourth-order valence-electron chi connectivity index (χ4n) is 4.97.